The number of aromatic nitrogens is 1. The van der Waals surface area contributed by atoms with E-state index in [0.717, 1.165) is 35.2 Å². The zero-order valence-corrected chi connectivity index (χ0v) is 18.1. The molecule has 7 heteroatoms. The Morgan fingerprint density at radius 2 is 1.80 bits per heavy atom. The van der Waals surface area contributed by atoms with Gasteiger partial charge in [-0.2, -0.15) is 0 Å². The summed E-state index contributed by atoms with van der Waals surface area (Å²) in [7, 11) is -3.31. The molecule has 1 amide bonds. The average molecular weight is 429 g/mol. The maximum atomic E-state index is 13.9. The van der Waals surface area contributed by atoms with Crippen LogP contribution in [0.1, 0.15) is 24.6 Å². The van der Waals surface area contributed by atoms with Gasteiger partial charge in [0.15, 0.2) is 9.84 Å². The summed E-state index contributed by atoms with van der Waals surface area (Å²) in [5.41, 5.74) is 3.82. The van der Waals surface area contributed by atoms with Gasteiger partial charge in [0.25, 0.3) is 0 Å². The maximum absolute atomic E-state index is 13.9. The molecule has 1 N–H and O–H groups in total. The van der Waals surface area contributed by atoms with Crippen molar-refractivity contribution in [1.29, 1.82) is 0 Å². The van der Waals surface area contributed by atoms with E-state index in [1.807, 2.05) is 24.5 Å². The van der Waals surface area contributed by atoms with Crippen molar-refractivity contribution in [3.8, 4) is 16.9 Å². The van der Waals surface area contributed by atoms with E-state index >= 15 is 0 Å². The number of carbonyl (C=O) groups is 1. The van der Waals surface area contributed by atoms with Crippen LogP contribution in [-0.2, 0) is 21.1 Å². The Hall–Kier alpha value is -2.93. The van der Waals surface area contributed by atoms with Crippen molar-refractivity contribution >= 4 is 15.7 Å². The average Bonchev–Trinajstić information content (AvgIpc) is 3.02. The van der Waals surface area contributed by atoms with E-state index in [-0.39, 0.29) is 23.0 Å². The van der Waals surface area contributed by atoms with Gasteiger partial charge in [-0.3, -0.25) is 4.79 Å². The minimum absolute atomic E-state index is 0.0738. The second-order valence-corrected chi connectivity index (χ2v) is 9.29. The number of halogens is 1. The van der Waals surface area contributed by atoms with Gasteiger partial charge < -0.3 is 9.88 Å². The highest BCUT2D eigenvalue weighted by atomic mass is 32.2. The van der Waals surface area contributed by atoms with Crippen molar-refractivity contribution in [2.24, 2.45) is 0 Å². The van der Waals surface area contributed by atoms with Crippen LogP contribution in [0.4, 0.5) is 4.39 Å². The van der Waals surface area contributed by atoms with Crippen LogP contribution in [0.5, 0.6) is 0 Å². The van der Waals surface area contributed by atoms with Crippen molar-refractivity contribution in [3.63, 3.8) is 0 Å². The zero-order chi connectivity index (χ0) is 21.9. The highest BCUT2D eigenvalue weighted by Crippen LogP contribution is 2.31. The molecule has 0 unspecified atom stereocenters. The normalized spacial score (nSPS) is 11.5. The first-order valence-electron chi connectivity index (χ1n) is 9.75. The number of sulfone groups is 1. The maximum Gasteiger partial charge on any atom is 0.224 e. The molecule has 3 rings (SSSR count). The fraction of sp³-hybridized carbons (Fsp3) is 0.261. The number of benzene rings is 2. The number of nitrogens with one attached hydrogen (secondary N) is 1. The number of rotatable bonds is 7. The molecule has 0 atom stereocenters. The molecule has 0 fully saturated rings. The first kappa shape index (κ1) is 21.8. The Bertz CT molecular complexity index is 1170. The SMILES string of the molecule is CCCNC(=O)Cc1cc(-c2ccc(S(C)(=O)=O)cc2)n(-c2cccc(F)c2)c1C. The summed E-state index contributed by atoms with van der Waals surface area (Å²) in [4.78, 5) is 12.5. The molecule has 3 aromatic rings. The summed E-state index contributed by atoms with van der Waals surface area (Å²) in [5.74, 6) is -0.434. The van der Waals surface area contributed by atoms with Crippen LogP contribution in [0.3, 0.4) is 0 Å². The fourth-order valence-electron chi connectivity index (χ4n) is 3.37. The monoisotopic (exact) mass is 428 g/mol. The third kappa shape index (κ3) is 4.79. The van der Waals surface area contributed by atoms with Gasteiger partial charge in [-0.15, -0.1) is 0 Å². The van der Waals surface area contributed by atoms with Crippen LogP contribution in [0, 0.1) is 12.7 Å². The first-order valence-corrected chi connectivity index (χ1v) is 11.6. The number of amides is 1. The van der Waals surface area contributed by atoms with E-state index in [1.54, 1.807) is 36.4 Å². The van der Waals surface area contributed by atoms with Crippen molar-refractivity contribution in [3.05, 3.63) is 71.7 Å². The minimum Gasteiger partial charge on any atom is -0.356 e. The lowest BCUT2D eigenvalue weighted by molar-refractivity contribution is -0.120. The lowest BCUT2D eigenvalue weighted by atomic mass is 10.1. The summed E-state index contributed by atoms with van der Waals surface area (Å²) >= 11 is 0. The molecule has 0 aliphatic carbocycles. The van der Waals surface area contributed by atoms with E-state index in [2.05, 4.69) is 5.32 Å². The molecular weight excluding hydrogens is 403 g/mol. The van der Waals surface area contributed by atoms with Crippen molar-refractivity contribution in [1.82, 2.24) is 9.88 Å². The molecule has 0 aliphatic heterocycles. The molecular formula is C23H25FN2O3S. The Kier molecular flexibility index (Phi) is 6.41. The van der Waals surface area contributed by atoms with Crippen LogP contribution < -0.4 is 5.32 Å². The largest absolute Gasteiger partial charge is 0.356 e. The van der Waals surface area contributed by atoms with Crippen LogP contribution in [0.2, 0.25) is 0 Å². The summed E-state index contributed by atoms with van der Waals surface area (Å²) in [6, 6.07) is 14.7. The van der Waals surface area contributed by atoms with Gasteiger partial charge in [0.2, 0.25) is 5.91 Å². The first-order chi connectivity index (χ1) is 14.2. The molecule has 2 aromatic carbocycles. The number of hydrogen-bond acceptors (Lipinski definition) is 3. The molecule has 0 bridgehead atoms. The third-order valence-corrected chi connectivity index (χ3v) is 6.05. The zero-order valence-electron chi connectivity index (χ0n) is 17.3. The molecule has 158 valence electrons. The Balaban J connectivity index is 2.10. The van der Waals surface area contributed by atoms with Crippen molar-refractivity contribution in [2.45, 2.75) is 31.6 Å². The van der Waals surface area contributed by atoms with Crippen LogP contribution in [0.25, 0.3) is 16.9 Å². The van der Waals surface area contributed by atoms with Gasteiger partial charge in [0.1, 0.15) is 5.82 Å². The Morgan fingerprint density at radius 3 is 2.40 bits per heavy atom. The topological polar surface area (TPSA) is 68.2 Å². The standard InChI is InChI=1S/C23H25FN2O3S/c1-4-12-25-23(27)14-18-13-22(17-8-10-21(11-9-17)30(3,28)29)26(16(18)2)20-7-5-6-19(24)15-20/h5-11,13,15H,4,12,14H2,1-3H3,(H,25,27). The summed E-state index contributed by atoms with van der Waals surface area (Å²) in [6.45, 7) is 4.49. The van der Waals surface area contributed by atoms with Gasteiger partial charge in [-0.1, -0.05) is 25.1 Å². The molecule has 1 aromatic heterocycles. The summed E-state index contributed by atoms with van der Waals surface area (Å²) in [5, 5.41) is 2.87. The second kappa shape index (κ2) is 8.83. The highest BCUT2D eigenvalue weighted by Gasteiger charge is 2.18. The van der Waals surface area contributed by atoms with Crippen molar-refractivity contribution < 1.29 is 17.6 Å². The quantitative estimate of drug-likeness (QED) is 0.617. The molecule has 0 aliphatic rings. The second-order valence-electron chi connectivity index (χ2n) is 7.28. The predicted molar refractivity (Wildman–Crippen MR) is 116 cm³/mol. The number of hydrogen-bond donors (Lipinski definition) is 1. The number of nitrogens with zero attached hydrogens (tertiary/aromatic N) is 1. The van der Waals surface area contributed by atoms with Crippen molar-refractivity contribution in [2.75, 3.05) is 12.8 Å². The molecule has 30 heavy (non-hydrogen) atoms. The van der Waals surface area contributed by atoms with E-state index in [1.165, 1.54) is 12.1 Å². The van der Waals surface area contributed by atoms with E-state index in [9.17, 15) is 17.6 Å². The molecule has 0 saturated heterocycles. The van der Waals surface area contributed by atoms with Gasteiger partial charge >= 0.3 is 0 Å². The van der Waals surface area contributed by atoms with Gasteiger partial charge in [0, 0.05) is 24.2 Å². The third-order valence-electron chi connectivity index (χ3n) is 4.92. The van der Waals surface area contributed by atoms with Gasteiger partial charge in [-0.05, 0) is 60.9 Å². The van der Waals surface area contributed by atoms with Crippen LogP contribution >= 0.6 is 0 Å². The molecule has 0 saturated carbocycles. The Labute approximate surface area is 176 Å². The van der Waals surface area contributed by atoms with E-state index in [0.29, 0.717) is 12.2 Å². The van der Waals surface area contributed by atoms with Crippen LogP contribution in [-0.4, -0.2) is 31.7 Å². The highest BCUT2D eigenvalue weighted by molar-refractivity contribution is 7.90. The Morgan fingerprint density at radius 1 is 1.10 bits per heavy atom. The number of carbonyl (C=O) groups excluding carboxylic acids is 1. The van der Waals surface area contributed by atoms with E-state index < -0.39 is 9.84 Å². The van der Waals surface area contributed by atoms with Crippen LogP contribution in [0.15, 0.2) is 59.5 Å². The molecule has 5 nitrogen and oxygen atoms in total. The summed E-state index contributed by atoms with van der Waals surface area (Å²) in [6.07, 6.45) is 2.23. The predicted octanol–water partition coefficient (Wildman–Crippen LogP) is 4.06. The fourth-order valence-corrected chi connectivity index (χ4v) is 4.00. The molecule has 0 radical (unpaired) electrons. The molecule has 0 spiro atoms. The van der Waals surface area contributed by atoms with E-state index in [4.69, 9.17) is 0 Å². The smallest absolute Gasteiger partial charge is 0.224 e. The minimum atomic E-state index is -3.31. The lowest BCUT2D eigenvalue weighted by Gasteiger charge is -2.13. The lowest BCUT2D eigenvalue weighted by Crippen LogP contribution is -2.25. The van der Waals surface area contributed by atoms with Gasteiger partial charge in [0.05, 0.1) is 17.0 Å². The van der Waals surface area contributed by atoms with Gasteiger partial charge in [-0.25, -0.2) is 12.8 Å². The summed E-state index contributed by atoms with van der Waals surface area (Å²) < 4.78 is 39.4. The molecule has 1 heterocycles.